The molecule has 0 amide bonds. The van der Waals surface area contributed by atoms with Gasteiger partial charge in [-0.25, -0.2) is 0 Å². The van der Waals surface area contributed by atoms with Gasteiger partial charge in [0.15, 0.2) is 0 Å². The number of halogens is 4. The number of alkyl halides is 3. The van der Waals surface area contributed by atoms with Crippen molar-refractivity contribution in [3.8, 4) is 0 Å². The van der Waals surface area contributed by atoms with E-state index in [2.05, 4.69) is 21.2 Å². The van der Waals surface area contributed by atoms with Gasteiger partial charge < -0.3 is 5.32 Å². The molecule has 0 aromatic heterocycles. The maximum Gasteiger partial charge on any atom is 0.401 e. The summed E-state index contributed by atoms with van der Waals surface area (Å²) in [6.07, 6.45) is -4.18. The van der Waals surface area contributed by atoms with E-state index >= 15 is 0 Å². The highest BCUT2D eigenvalue weighted by molar-refractivity contribution is 9.10. The largest absolute Gasteiger partial charge is 0.401 e. The van der Waals surface area contributed by atoms with Crippen molar-refractivity contribution < 1.29 is 13.2 Å². The zero-order valence-electron chi connectivity index (χ0n) is 9.39. The molecule has 2 aromatic carbocycles. The summed E-state index contributed by atoms with van der Waals surface area (Å²) in [7, 11) is 0. The summed E-state index contributed by atoms with van der Waals surface area (Å²) >= 11 is 3.43. The third-order valence-electron chi connectivity index (χ3n) is 2.60. The average Bonchev–Trinajstić information content (AvgIpc) is 2.31. The molecular formula is C13H11BrF3N. The fourth-order valence-electron chi connectivity index (χ4n) is 1.82. The first-order valence-electron chi connectivity index (χ1n) is 5.41. The van der Waals surface area contributed by atoms with Crippen molar-refractivity contribution in [2.45, 2.75) is 12.7 Å². The summed E-state index contributed by atoms with van der Waals surface area (Å²) in [6, 6.07) is 11.3. The van der Waals surface area contributed by atoms with E-state index in [9.17, 15) is 13.2 Å². The van der Waals surface area contributed by atoms with Crippen LogP contribution in [0.25, 0.3) is 10.8 Å². The maximum absolute atomic E-state index is 12.1. The van der Waals surface area contributed by atoms with Gasteiger partial charge in [0.25, 0.3) is 0 Å². The van der Waals surface area contributed by atoms with Gasteiger partial charge in [-0.3, -0.25) is 0 Å². The van der Waals surface area contributed by atoms with Crippen LogP contribution in [0.5, 0.6) is 0 Å². The summed E-state index contributed by atoms with van der Waals surface area (Å²) in [5.74, 6) is 0. The van der Waals surface area contributed by atoms with Gasteiger partial charge >= 0.3 is 6.18 Å². The number of nitrogens with one attached hydrogen (secondary N) is 1. The van der Waals surface area contributed by atoms with Crippen molar-refractivity contribution >= 4 is 26.7 Å². The number of hydrogen-bond donors (Lipinski definition) is 1. The zero-order chi connectivity index (χ0) is 13.2. The Hall–Kier alpha value is -1.07. The summed E-state index contributed by atoms with van der Waals surface area (Å²) in [6.45, 7) is -0.773. The third-order valence-corrected chi connectivity index (χ3v) is 3.29. The van der Waals surface area contributed by atoms with Gasteiger partial charge in [0.2, 0.25) is 0 Å². The smallest absolute Gasteiger partial charge is 0.305 e. The van der Waals surface area contributed by atoms with Gasteiger partial charge in [-0.1, -0.05) is 46.3 Å². The van der Waals surface area contributed by atoms with Crippen LogP contribution in [0.15, 0.2) is 40.9 Å². The Kier molecular flexibility index (Phi) is 3.92. The van der Waals surface area contributed by atoms with Crippen molar-refractivity contribution in [1.82, 2.24) is 5.32 Å². The number of benzene rings is 2. The molecule has 5 heteroatoms. The van der Waals surface area contributed by atoms with E-state index in [0.717, 1.165) is 20.8 Å². The van der Waals surface area contributed by atoms with Gasteiger partial charge in [0.1, 0.15) is 0 Å². The predicted molar refractivity (Wildman–Crippen MR) is 69.4 cm³/mol. The van der Waals surface area contributed by atoms with Gasteiger partial charge in [0, 0.05) is 11.0 Å². The van der Waals surface area contributed by atoms with E-state index in [1.807, 2.05) is 36.4 Å². The van der Waals surface area contributed by atoms with Crippen LogP contribution in [0, 0.1) is 0 Å². The van der Waals surface area contributed by atoms with E-state index in [1.54, 1.807) is 0 Å². The van der Waals surface area contributed by atoms with Crippen LogP contribution < -0.4 is 5.32 Å². The Morgan fingerprint density at radius 2 is 1.67 bits per heavy atom. The number of rotatable bonds is 3. The molecule has 0 unspecified atom stereocenters. The van der Waals surface area contributed by atoms with Crippen molar-refractivity contribution in [3.05, 3.63) is 46.4 Å². The standard InChI is InChI=1S/C13H11BrF3N/c14-12-6-5-9(7-18-8-13(15,16)17)10-3-1-2-4-11(10)12/h1-6,18H,7-8H2. The molecule has 18 heavy (non-hydrogen) atoms. The molecule has 0 aliphatic carbocycles. The number of hydrogen-bond acceptors (Lipinski definition) is 1. The molecule has 2 rings (SSSR count). The van der Waals surface area contributed by atoms with Crippen LogP contribution >= 0.6 is 15.9 Å². The molecule has 0 fully saturated rings. The molecule has 0 spiro atoms. The Balaban J connectivity index is 2.21. The third kappa shape index (κ3) is 3.23. The second-order valence-electron chi connectivity index (χ2n) is 3.97. The molecule has 0 heterocycles. The lowest BCUT2D eigenvalue weighted by Gasteiger charge is -2.11. The molecule has 0 aliphatic rings. The minimum absolute atomic E-state index is 0.202. The van der Waals surface area contributed by atoms with E-state index in [-0.39, 0.29) is 6.54 Å². The molecule has 0 saturated heterocycles. The molecule has 1 N–H and O–H groups in total. The second kappa shape index (κ2) is 5.28. The first kappa shape index (κ1) is 13.4. The normalized spacial score (nSPS) is 12.0. The van der Waals surface area contributed by atoms with Crippen molar-refractivity contribution in [1.29, 1.82) is 0 Å². The van der Waals surface area contributed by atoms with Crippen molar-refractivity contribution in [2.75, 3.05) is 6.54 Å². The minimum atomic E-state index is -4.18. The molecule has 96 valence electrons. The van der Waals surface area contributed by atoms with Crippen molar-refractivity contribution in [3.63, 3.8) is 0 Å². The number of fused-ring (bicyclic) bond motifs is 1. The monoisotopic (exact) mass is 317 g/mol. The lowest BCUT2D eigenvalue weighted by atomic mass is 10.0. The van der Waals surface area contributed by atoms with Crippen LogP contribution in [-0.4, -0.2) is 12.7 Å². The molecule has 0 saturated carbocycles. The minimum Gasteiger partial charge on any atom is -0.305 e. The Morgan fingerprint density at radius 3 is 2.33 bits per heavy atom. The molecule has 1 nitrogen and oxygen atoms in total. The Labute approximate surface area is 111 Å². The fourth-order valence-corrected chi connectivity index (χ4v) is 2.30. The molecule has 0 atom stereocenters. The van der Waals surface area contributed by atoms with Crippen LogP contribution in [0.4, 0.5) is 13.2 Å². The lowest BCUT2D eigenvalue weighted by Crippen LogP contribution is -2.28. The maximum atomic E-state index is 12.1. The highest BCUT2D eigenvalue weighted by Crippen LogP contribution is 2.26. The first-order valence-corrected chi connectivity index (χ1v) is 6.20. The second-order valence-corrected chi connectivity index (χ2v) is 4.83. The first-order chi connectivity index (χ1) is 8.47. The van der Waals surface area contributed by atoms with Crippen LogP contribution in [0.1, 0.15) is 5.56 Å². The molecule has 0 bridgehead atoms. The van der Waals surface area contributed by atoms with Gasteiger partial charge in [-0.2, -0.15) is 13.2 Å². The average molecular weight is 318 g/mol. The quantitative estimate of drug-likeness (QED) is 0.892. The highest BCUT2D eigenvalue weighted by Gasteiger charge is 2.26. The Morgan fingerprint density at radius 1 is 1.00 bits per heavy atom. The molecule has 0 radical (unpaired) electrons. The van der Waals surface area contributed by atoms with E-state index in [0.29, 0.717) is 0 Å². The van der Waals surface area contributed by atoms with Gasteiger partial charge in [-0.05, 0) is 22.4 Å². The summed E-state index contributed by atoms with van der Waals surface area (Å²) < 4.78 is 37.1. The van der Waals surface area contributed by atoms with Gasteiger partial charge in [0.05, 0.1) is 6.54 Å². The fraction of sp³-hybridized carbons (Fsp3) is 0.231. The zero-order valence-corrected chi connectivity index (χ0v) is 11.0. The van der Waals surface area contributed by atoms with Crippen molar-refractivity contribution in [2.24, 2.45) is 0 Å². The topological polar surface area (TPSA) is 12.0 Å². The lowest BCUT2D eigenvalue weighted by molar-refractivity contribution is -0.125. The SMILES string of the molecule is FC(F)(F)CNCc1ccc(Br)c2ccccc12. The van der Waals surface area contributed by atoms with E-state index in [1.165, 1.54) is 0 Å². The summed E-state index contributed by atoms with van der Waals surface area (Å²) in [4.78, 5) is 0. The molecular weight excluding hydrogens is 307 g/mol. The van der Waals surface area contributed by atoms with Crippen LogP contribution in [0.2, 0.25) is 0 Å². The van der Waals surface area contributed by atoms with E-state index in [4.69, 9.17) is 0 Å². The molecule has 2 aromatic rings. The van der Waals surface area contributed by atoms with Crippen LogP contribution in [-0.2, 0) is 6.54 Å². The van der Waals surface area contributed by atoms with E-state index < -0.39 is 12.7 Å². The highest BCUT2D eigenvalue weighted by atomic mass is 79.9. The Bertz CT molecular complexity index is 551. The van der Waals surface area contributed by atoms with Crippen LogP contribution in [0.3, 0.4) is 0 Å². The summed E-state index contributed by atoms with van der Waals surface area (Å²) in [5.41, 5.74) is 0.859. The van der Waals surface area contributed by atoms with Gasteiger partial charge in [-0.15, -0.1) is 0 Å². The molecule has 0 aliphatic heterocycles. The summed E-state index contributed by atoms with van der Waals surface area (Å²) in [5, 5.41) is 4.38. The predicted octanol–water partition coefficient (Wildman–Crippen LogP) is 4.25.